The van der Waals surface area contributed by atoms with Crippen molar-refractivity contribution < 1.29 is 4.74 Å². The third-order valence-electron chi connectivity index (χ3n) is 4.08. The molecular formula is C15H22N2O. The number of benzene rings is 1. The number of rotatable bonds is 3. The molecule has 0 aromatic heterocycles. The molecule has 0 aliphatic carbocycles. The van der Waals surface area contributed by atoms with Gasteiger partial charge in [0.1, 0.15) is 0 Å². The lowest BCUT2D eigenvalue weighted by atomic mass is 10.1. The van der Waals surface area contributed by atoms with Gasteiger partial charge in [-0.05, 0) is 49.9 Å². The van der Waals surface area contributed by atoms with E-state index >= 15 is 0 Å². The first-order valence-electron chi connectivity index (χ1n) is 6.96. The largest absolute Gasteiger partial charge is 0.371 e. The molecule has 2 fully saturated rings. The summed E-state index contributed by atoms with van der Waals surface area (Å²) in [5.74, 6) is 0. The molecule has 2 bridgehead atoms. The lowest BCUT2D eigenvalue weighted by Crippen LogP contribution is -2.42. The van der Waals surface area contributed by atoms with Gasteiger partial charge in [-0.3, -0.25) is 0 Å². The van der Waals surface area contributed by atoms with Gasteiger partial charge in [0.05, 0.1) is 12.2 Å². The van der Waals surface area contributed by atoms with Crippen LogP contribution in [0.1, 0.15) is 24.0 Å². The first-order chi connectivity index (χ1) is 8.76. The van der Waals surface area contributed by atoms with Crippen molar-refractivity contribution in [3.05, 3.63) is 29.3 Å². The SMILES string of the molecule is Cc1cc(CCN)ccc1N1CC2CCC(C1)O2. The lowest BCUT2D eigenvalue weighted by molar-refractivity contribution is 0.0304. The van der Waals surface area contributed by atoms with Gasteiger partial charge in [0.15, 0.2) is 0 Å². The number of nitrogens with zero attached hydrogens (tertiary/aromatic N) is 1. The molecule has 0 radical (unpaired) electrons. The van der Waals surface area contributed by atoms with Crippen molar-refractivity contribution in [3.8, 4) is 0 Å². The van der Waals surface area contributed by atoms with Gasteiger partial charge < -0.3 is 15.4 Å². The van der Waals surface area contributed by atoms with Gasteiger partial charge in [-0.25, -0.2) is 0 Å². The van der Waals surface area contributed by atoms with Crippen LogP contribution in [0.5, 0.6) is 0 Å². The summed E-state index contributed by atoms with van der Waals surface area (Å²) in [7, 11) is 0. The Morgan fingerprint density at radius 2 is 2.00 bits per heavy atom. The average molecular weight is 246 g/mol. The van der Waals surface area contributed by atoms with Crippen molar-refractivity contribution in [1.29, 1.82) is 0 Å². The van der Waals surface area contributed by atoms with Crippen LogP contribution in [0.4, 0.5) is 5.69 Å². The van der Waals surface area contributed by atoms with Gasteiger partial charge in [0.2, 0.25) is 0 Å². The molecule has 2 saturated heterocycles. The average Bonchev–Trinajstić information content (AvgIpc) is 2.69. The van der Waals surface area contributed by atoms with Crippen LogP contribution in [0.25, 0.3) is 0 Å². The van der Waals surface area contributed by atoms with Gasteiger partial charge in [-0.15, -0.1) is 0 Å². The Morgan fingerprint density at radius 1 is 1.28 bits per heavy atom. The zero-order valence-electron chi connectivity index (χ0n) is 11.1. The van der Waals surface area contributed by atoms with Gasteiger partial charge in [0, 0.05) is 18.8 Å². The summed E-state index contributed by atoms with van der Waals surface area (Å²) in [4.78, 5) is 2.49. The molecule has 98 valence electrons. The molecule has 3 rings (SSSR count). The van der Waals surface area contributed by atoms with Crippen LogP contribution in [0.2, 0.25) is 0 Å². The van der Waals surface area contributed by atoms with Gasteiger partial charge in [0.25, 0.3) is 0 Å². The van der Waals surface area contributed by atoms with Gasteiger partial charge in [-0.1, -0.05) is 12.1 Å². The number of anilines is 1. The van der Waals surface area contributed by atoms with Crippen LogP contribution in [0.15, 0.2) is 18.2 Å². The van der Waals surface area contributed by atoms with E-state index in [0.717, 1.165) is 26.1 Å². The normalized spacial score (nSPS) is 26.7. The van der Waals surface area contributed by atoms with Crippen LogP contribution in [0.3, 0.4) is 0 Å². The summed E-state index contributed by atoms with van der Waals surface area (Å²) in [6.45, 7) is 5.02. The zero-order valence-corrected chi connectivity index (χ0v) is 11.1. The van der Waals surface area contributed by atoms with Crippen LogP contribution < -0.4 is 10.6 Å². The predicted molar refractivity (Wildman–Crippen MR) is 74.0 cm³/mol. The van der Waals surface area contributed by atoms with Crippen LogP contribution in [0, 0.1) is 6.92 Å². The minimum Gasteiger partial charge on any atom is -0.371 e. The Labute approximate surface area is 109 Å². The fraction of sp³-hybridized carbons (Fsp3) is 0.600. The number of morpholine rings is 1. The molecule has 2 N–H and O–H groups in total. The molecule has 1 aromatic carbocycles. The fourth-order valence-corrected chi connectivity index (χ4v) is 3.21. The maximum absolute atomic E-state index is 5.89. The molecule has 2 aliphatic rings. The minimum atomic E-state index is 0.451. The van der Waals surface area contributed by atoms with Crippen molar-refractivity contribution in [2.45, 2.75) is 38.4 Å². The Bertz CT molecular complexity index is 421. The topological polar surface area (TPSA) is 38.5 Å². The second-order valence-electron chi connectivity index (χ2n) is 5.52. The monoisotopic (exact) mass is 246 g/mol. The van der Waals surface area contributed by atoms with E-state index in [1.165, 1.54) is 29.7 Å². The molecule has 3 heteroatoms. The van der Waals surface area contributed by atoms with Crippen molar-refractivity contribution in [2.24, 2.45) is 5.73 Å². The maximum atomic E-state index is 5.89. The van der Waals surface area contributed by atoms with E-state index in [2.05, 4.69) is 30.0 Å². The fourth-order valence-electron chi connectivity index (χ4n) is 3.21. The molecule has 2 atom stereocenters. The van der Waals surface area contributed by atoms with Crippen molar-refractivity contribution in [2.75, 3.05) is 24.5 Å². The highest BCUT2D eigenvalue weighted by Gasteiger charge is 2.34. The summed E-state index contributed by atoms with van der Waals surface area (Å²) in [6.07, 6.45) is 4.32. The molecule has 18 heavy (non-hydrogen) atoms. The summed E-state index contributed by atoms with van der Waals surface area (Å²) in [5.41, 5.74) is 9.69. The number of fused-ring (bicyclic) bond motifs is 2. The Balaban J connectivity index is 1.79. The van der Waals surface area contributed by atoms with E-state index < -0.39 is 0 Å². The smallest absolute Gasteiger partial charge is 0.0755 e. The zero-order chi connectivity index (χ0) is 12.5. The summed E-state index contributed by atoms with van der Waals surface area (Å²) in [5, 5.41) is 0. The molecule has 0 spiro atoms. The molecular weight excluding hydrogens is 224 g/mol. The highest BCUT2D eigenvalue weighted by Crippen LogP contribution is 2.31. The highest BCUT2D eigenvalue weighted by molar-refractivity contribution is 5.55. The van der Waals surface area contributed by atoms with E-state index in [4.69, 9.17) is 10.5 Å². The molecule has 2 unspecified atom stereocenters. The second kappa shape index (κ2) is 4.90. The number of ether oxygens (including phenoxy) is 1. The highest BCUT2D eigenvalue weighted by atomic mass is 16.5. The van der Waals surface area contributed by atoms with Gasteiger partial charge >= 0.3 is 0 Å². The Kier molecular flexibility index (Phi) is 3.27. The number of nitrogens with two attached hydrogens (primary N) is 1. The minimum absolute atomic E-state index is 0.451. The molecule has 2 heterocycles. The number of aryl methyl sites for hydroxylation is 1. The van der Waals surface area contributed by atoms with Crippen molar-refractivity contribution in [3.63, 3.8) is 0 Å². The van der Waals surface area contributed by atoms with E-state index in [0.29, 0.717) is 12.2 Å². The lowest BCUT2D eigenvalue weighted by Gasteiger charge is -2.35. The van der Waals surface area contributed by atoms with E-state index in [1.807, 2.05) is 0 Å². The molecule has 0 amide bonds. The third kappa shape index (κ3) is 2.25. The maximum Gasteiger partial charge on any atom is 0.0755 e. The first kappa shape index (κ1) is 12.0. The van der Waals surface area contributed by atoms with Crippen LogP contribution in [-0.2, 0) is 11.2 Å². The number of hydrogen-bond acceptors (Lipinski definition) is 3. The molecule has 3 nitrogen and oxygen atoms in total. The quantitative estimate of drug-likeness (QED) is 0.885. The van der Waals surface area contributed by atoms with Crippen LogP contribution >= 0.6 is 0 Å². The summed E-state index contributed by atoms with van der Waals surface area (Å²) in [6, 6.07) is 6.75. The summed E-state index contributed by atoms with van der Waals surface area (Å²) >= 11 is 0. The Hall–Kier alpha value is -1.06. The predicted octanol–water partition coefficient (Wildman–Crippen LogP) is 1.86. The standard InChI is InChI=1S/C15H22N2O/c1-11-8-12(6-7-16)2-5-15(11)17-9-13-3-4-14(10-17)18-13/h2,5,8,13-14H,3-4,6-7,9-10,16H2,1H3. The first-order valence-corrected chi connectivity index (χ1v) is 6.96. The third-order valence-corrected chi connectivity index (χ3v) is 4.08. The van der Waals surface area contributed by atoms with E-state index in [-0.39, 0.29) is 0 Å². The van der Waals surface area contributed by atoms with Gasteiger partial charge in [-0.2, -0.15) is 0 Å². The van der Waals surface area contributed by atoms with Crippen molar-refractivity contribution in [1.82, 2.24) is 0 Å². The molecule has 1 aromatic rings. The van der Waals surface area contributed by atoms with E-state index in [1.54, 1.807) is 0 Å². The van der Waals surface area contributed by atoms with Crippen LogP contribution in [-0.4, -0.2) is 31.8 Å². The van der Waals surface area contributed by atoms with Crippen molar-refractivity contribution >= 4 is 5.69 Å². The Morgan fingerprint density at radius 3 is 2.61 bits per heavy atom. The molecule has 0 saturated carbocycles. The number of hydrogen-bond donors (Lipinski definition) is 1. The molecule has 2 aliphatic heterocycles. The second-order valence-corrected chi connectivity index (χ2v) is 5.52. The summed E-state index contributed by atoms with van der Waals surface area (Å²) < 4.78 is 5.89. The van der Waals surface area contributed by atoms with E-state index in [9.17, 15) is 0 Å².